The van der Waals surface area contributed by atoms with Crippen molar-refractivity contribution in [3.8, 4) is 0 Å². The molecule has 2 amide bonds. The number of carboxylic acids is 1. The number of carboxylic acid groups (broad SMARTS) is 1. The first-order valence-corrected chi connectivity index (χ1v) is 6.03. The second kappa shape index (κ2) is 6.92. The number of nitrogens with one attached hydrogen (secondary N) is 2. The Hall–Kier alpha value is -1.67. The lowest BCUT2D eigenvalue weighted by Crippen LogP contribution is -2.42. The number of carbonyl (C=O) groups is 2. The van der Waals surface area contributed by atoms with E-state index < -0.39 is 18.1 Å². The van der Waals surface area contributed by atoms with Crippen molar-refractivity contribution >= 4 is 23.3 Å². The summed E-state index contributed by atoms with van der Waals surface area (Å²) in [6.45, 7) is 2.15. The Labute approximate surface area is 108 Å². The van der Waals surface area contributed by atoms with Crippen LogP contribution in [0.15, 0.2) is 6.20 Å². The van der Waals surface area contributed by atoms with Gasteiger partial charge in [0, 0.05) is 18.2 Å². The lowest BCUT2D eigenvalue weighted by molar-refractivity contribution is -0.147. The van der Waals surface area contributed by atoms with Gasteiger partial charge in [-0.2, -0.15) is 0 Å². The van der Waals surface area contributed by atoms with Crippen LogP contribution < -0.4 is 10.6 Å². The maximum Gasteiger partial charge on any atom is 0.334 e. The smallest absolute Gasteiger partial charge is 0.334 e. The highest BCUT2D eigenvalue weighted by Crippen LogP contribution is 2.10. The van der Waals surface area contributed by atoms with E-state index in [0.717, 1.165) is 9.88 Å². The molecule has 0 spiro atoms. The number of hydrogen-bond donors (Lipinski definition) is 3. The molecule has 0 aliphatic rings. The molecule has 1 aromatic heterocycles. The fraction of sp³-hybridized carbons (Fsp3) is 0.500. The van der Waals surface area contributed by atoms with Crippen LogP contribution in [0, 0.1) is 6.92 Å². The molecule has 1 heterocycles. The number of aryl methyl sites for hydroxylation is 1. The first-order valence-electron chi connectivity index (χ1n) is 5.21. The molecule has 0 bridgehead atoms. The van der Waals surface area contributed by atoms with Crippen LogP contribution in [-0.2, 0) is 16.1 Å². The molecule has 0 aliphatic heterocycles. The number of urea groups is 1. The summed E-state index contributed by atoms with van der Waals surface area (Å²) in [7, 11) is 1.27. The van der Waals surface area contributed by atoms with E-state index in [-0.39, 0.29) is 6.54 Å². The van der Waals surface area contributed by atoms with Gasteiger partial charge in [-0.05, 0) is 6.92 Å². The van der Waals surface area contributed by atoms with Crippen molar-refractivity contribution in [2.45, 2.75) is 19.6 Å². The van der Waals surface area contributed by atoms with E-state index in [2.05, 4.69) is 20.4 Å². The van der Waals surface area contributed by atoms with Crippen molar-refractivity contribution in [3.63, 3.8) is 0 Å². The highest BCUT2D eigenvalue weighted by Gasteiger charge is 2.16. The fourth-order valence-electron chi connectivity index (χ4n) is 1.16. The number of aliphatic carboxylic acids is 1. The third-order valence-electron chi connectivity index (χ3n) is 2.08. The molecule has 18 heavy (non-hydrogen) atoms. The van der Waals surface area contributed by atoms with Gasteiger partial charge in [-0.25, -0.2) is 14.6 Å². The Bertz CT molecular complexity index is 421. The summed E-state index contributed by atoms with van der Waals surface area (Å²) in [5, 5.41) is 14.5. The molecule has 1 rings (SSSR count). The minimum Gasteiger partial charge on any atom is -0.479 e. The molecule has 1 atom stereocenters. The largest absolute Gasteiger partial charge is 0.479 e. The number of methoxy groups -OCH3 is 1. The summed E-state index contributed by atoms with van der Waals surface area (Å²) >= 11 is 1.49. The molecule has 7 nitrogen and oxygen atoms in total. The van der Waals surface area contributed by atoms with Crippen LogP contribution in [0.5, 0.6) is 0 Å². The predicted molar refractivity (Wildman–Crippen MR) is 65.5 cm³/mol. The molecule has 3 N–H and O–H groups in total. The molecule has 0 aliphatic carbocycles. The second-order valence-electron chi connectivity index (χ2n) is 3.49. The summed E-state index contributed by atoms with van der Waals surface area (Å²) < 4.78 is 4.68. The lowest BCUT2D eigenvalue weighted by Gasteiger charge is -2.11. The third kappa shape index (κ3) is 4.68. The molecule has 100 valence electrons. The molecular weight excluding hydrogens is 258 g/mol. The quantitative estimate of drug-likeness (QED) is 0.694. The normalized spacial score (nSPS) is 11.9. The zero-order chi connectivity index (χ0) is 13.5. The van der Waals surface area contributed by atoms with Gasteiger partial charge < -0.3 is 20.5 Å². The standard InChI is InChI=1S/C10H15N3O4S/c1-6-3-11-8(18-6)5-13-10(16)12-4-7(17-2)9(14)15/h3,7H,4-5H2,1-2H3,(H,14,15)(H2,12,13,16). The van der Waals surface area contributed by atoms with Crippen LogP contribution in [0.2, 0.25) is 0 Å². The number of carbonyl (C=O) groups excluding carboxylic acids is 1. The van der Waals surface area contributed by atoms with Gasteiger partial charge in [-0.15, -0.1) is 11.3 Å². The summed E-state index contributed by atoms with van der Waals surface area (Å²) in [6, 6.07) is -0.453. The van der Waals surface area contributed by atoms with Crippen molar-refractivity contribution < 1.29 is 19.4 Å². The van der Waals surface area contributed by atoms with Crippen LogP contribution in [0.4, 0.5) is 4.79 Å². The minimum atomic E-state index is -1.12. The van der Waals surface area contributed by atoms with E-state index in [1.54, 1.807) is 6.20 Å². The zero-order valence-electron chi connectivity index (χ0n) is 10.1. The van der Waals surface area contributed by atoms with Gasteiger partial charge in [0.25, 0.3) is 0 Å². The van der Waals surface area contributed by atoms with E-state index in [9.17, 15) is 9.59 Å². The fourth-order valence-corrected chi connectivity index (χ4v) is 1.89. The molecule has 0 saturated carbocycles. The van der Waals surface area contributed by atoms with Crippen molar-refractivity contribution in [1.82, 2.24) is 15.6 Å². The Kier molecular flexibility index (Phi) is 5.53. The first-order chi connectivity index (χ1) is 8.52. The predicted octanol–water partition coefficient (Wildman–Crippen LogP) is 0.350. The average Bonchev–Trinajstić information content (AvgIpc) is 2.73. The first kappa shape index (κ1) is 14.4. The monoisotopic (exact) mass is 273 g/mol. The van der Waals surface area contributed by atoms with Crippen LogP contribution in [-0.4, -0.2) is 41.8 Å². The van der Waals surface area contributed by atoms with Crippen molar-refractivity contribution in [2.75, 3.05) is 13.7 Å². The Morgan fingerprint density at radius 3 is 2.78 bits per heavy atom. The van der Waals surface area contributed by atoms with Crippen LogP contribution in [0.3, 0.4) is 0 Å². The Morgan fingerprint density at radius 2 is 2.28 bits per heavy atom. The number of ether oxygens (including phenoxy) is 1. The molecule has 1 aromatic rings. The van der Waals surface area contributed by atoms with Gasteiger partial charge in [0.15, 0.2) is 6.10 Å². The van der Waals surface area contributed by atoms with Crippen LogP contribution >= 0.6 is 11.3 Å². The van der Waals surface area contributed by atoms with Crippen molar-refractivity contribution in [3.05, 3.63) is 16.1 Å². The van der Waals surface area contributed by atoms with Crippen LogP contribution in [0.1, 0.15) is 9.88 Å². The topological polar surface area (TPSA) is 101 Å². The molecule has 0 saturated heterocycles. The van der Waals surface area contributed by atoms with Gasteiger partial charge in [0.1, 0.15) is 5.01 Å². The van der Waals surface area contributed by atoms with Gasteiger partial charge in [0.2, 0.25) is 0 Å². The maximum atomic E-state index is 11.4. The highest BCUT2D eigenvalue weighted by molar-refractivity contribution is 7.11. The van der Waals surface area contributed by atoms with E-state index in [1.807, 2.05) is 6.92 Å². The molecule has 1 unspecified atom stereocenters. The number of aromatic nitrogens is 1. The summed E-state index contributed by atoms with van der Waals surface area (Å²) in [4.78, 5) is 27.1. The maximum absolute atomic E-state index is 11.4. The van der Waals surface area contributed by atoms with E-state index in [0.29, 0.717) is 6.54 Å². The van der Waals surface area contributed by atoms with Gasteiger partial charge >= 0.3 is 12.0 Å². The zero-order valence-corrected chi connectivity index (χ0v) is 10.9. The molecule has 8 heteroatoms. The average molecular weight is 273 g/mol. The number of thiazole rings is 1. The number of rotatable bonds is 6. The van der Waals surface area contributed by atoms with Crippen molar-refractivity contribution in [1.29, 1.82) is 0 Å². The van der Waals surface area contributed by atoms with E-state index >= 15 is 0 Å². The molecule has 0 radical (unpaired) electrons. The highest BCUT2D eigenvalue weighted by atomic mass is 32.1. The Balaban J connectivity index is 2.27. The number of nitrogens with zero attached hydrogens (tertiary/aromatic N) is 1. The van der Waals surface area contributed by atoms with E-state index in [1.165, 1.54) is 18.4 Å². The summed E-state index contributed by atoms with van der Waals surface area (Å²) in [5.41, 5.74) is 0. The third-order valence-corrected chi connectivity index (χ3v) is 2.99. The lowest BCUT2D eigenvalue weighted by atomic mass is 10.3. The summed E-state index contributed by atoms with van der Waals surface area (Å²) in [5.74, 6) is -1.12. The van der Waals surface area contributed by atoms with Crippen LogP contribution in [0.25, 0.3) is 0 Å². The Morgan fingerprint density at radius 1 is 1.56 bits per heavy atom. The van der Waals surface area contributed by atoms with Gasteiger partial charge in [-0.3, -0.25) is 0 Å². The second-order valence-corrected chi connectivity index (χ2v) is 4.81. The van der Waals surface area contributed by atoms with Gasteiger partial charge in [0.05, 0.1) is 13.1 Å². The number of hydrogen-bond acceptors (Lipinski definition) is 5. The van der Waals surface area contributed by atoms with Gasteiger partial charge in [-0.1, -0.05) is 0 Å². The van der Waals surface area contributed by atoms with Crippen molar-refractivity contribution in [2.24, 2.45) is 0 Å². The molecular formula is C10H15N3O4S. The SMILES string of the molecule is COC(CNC(=O)NCc1ncc(C)s1)C(=O)O. The summed E-state index contributed by atoms with van der Waals surface area (Å²) in [6.07, 6.45) is 0.683. The number of amides is 2. The molecule has 0 fully saturated rings. The van der Waals surface area contributed by atoms with E-state index in [4.69, 9.17) is 5.11 Å². The minimum absolute atomic E-state index is 0.0887. The molecule has 0 aromatic carbocycles.